The molecule has 7 heteroatoms. The molecule has 6 nitrogen and oxygen atoms in total. The summed E-state index contributed by atoms with van der Waals surface area (Å²) in [5.41, 5.74) is 2.80. The molecule has 0 unspecified atom stereocenters. The molecule has 0 spiro atoms. The molecule has 0 aliphatic rings. The molecule has 3 N–H and O–H groups in total. The smallest absolute Gasteiger partial charge is 0.323 e. The normalized spacial score (nSPS) is 10.5. The van der Waals surface area contributed by atoms with Crippen LogP contribution in [0.4, 0.5) is 27.7 Å². The number of nitrogens with zero attached hydrogens (tertiary/aromatic N) is 2. The molecule has 138 valence electrons. The highest BCUT2D eigenvalue weighted by Gasteiger charge is 2.08. The topological polar surface area (TPSA) is 78.9 Å². The van der Waals surface area contributed by atoms with Gasteiger partial charge in [0, 0.05) is 16.8 Å². The summed E-state index contributed by atoms with van der Waals surface area (Å²) in [7, 11) is 0. The number of nitrogens with one attached hydrogen (secondary N) is 3. The first kappa shape index (κ1) is 17.8. The van der Waals surface area contributed by atoms with Crippen molar-refractivity contribution < 1.29 is 4.79 Å². The van der Waals surface area contributed by atoms with Gasteiger partial charge in [-0.15, -0.1) is 0 Å². The number of aromatic nitrogens is 2. The standard InChI is InChI=1S/C21H16ClN5O/c22-17-8-4-5-9-18(17)27-20-16-11-10-15(12-19(16)23-13-24-20)26-21(28)25-14-6-2-1-3-7-14/h1-13H,(H,23,24,27)(H2,25,26,28). The van der Waals surface area contributed by atoms with Crippen molar-refractivity contribution in [2.24, 2.45) is 0 Å². The van der Waals surface area contributed by atoms with Gasteiger partial charge in [0.25, 0.3) is 0 Å². The second-order valence-corrected chi connectivity index (χ2v) is 6.41. The number of carbonyl (C=O) groups is 1. The van der Waals surface area contributed by atoms with Gasteiger partial charge in [-0.05, 0) is 42.5 Å². The van der Waals surface area contributed by atoms with Crippen LogP contribution in [-0.4, -0.2) is 16.0 Å². The first-order chi connectivity index (χ1) is 13.7. The van der Waals surface area contributed by atoms with Crippen molar-refractivity contribution in [2.75, 3.05) is 16.0 Å². The lowest BCUT2D eigenvalue weighted by Gasteiger charge is -2.11. The van der Waals surface area contributed by atoms with E-state index in [0.29, 0.717) is 27.7 Å². The van der Waals surface area contributed by atoms with Crippen molar-refractivity contribution in [2.45, 2.75) is 0 Å². The van der Waals surface area contributed by atoms with Crippen LogP contribution < -0.4 is 16.0 Å². The van der Waals surface area contributed by atoms with Gasteiger partial charge < -0.3 is 16.0 Å². The third-order valence-electron chi connectivity index (χ3n) is 4.05. The number of rotatable bonds is 4. The highest BCUT2D eigenvalue weighted by atomic mass is 35.5. The van der Waals surface area contributed by atoms with E-state index >= 15 is 0 Å². The van der Waals surface area contributed by atoms with Crippen molar-refractivity contribution in [3.63, 3.8) is 0 Å². The maximum Gasteiger partial charge on any atom is 0.323 e. The number of para-hydroxylation sites is 2. The van der Waals surface area contributed by atoms with Gasteiger partial charge >= 0.3 is 6.03 Å². The Bertz CT molecular complexity index is 1130. The lowest BCUT2D eigenvalue weighted by atomic mass is 10.2. The molecule has 3 aromatic carbocycles. The van der Waals surface area contributed by atoms with Gasteiger partial charge in [-0.1, -0.05) is 41.9 Å². The number of hydrogen-bond acceptors (Lipinski definition) is 4. The molecule has 2 amide bonds. The van der Waals surface area contributed by atoms with E-state index in [0.717, 1.165) is 11.1 Å². The molecule has 4 rings (SSSR count). The molecular formula is C21H16ClN5O. The lowest BCUT2D eigenvalue weighted by Crippen LogP contribution is -2.19. The van der Waals surface area contributed by atoms with Gasteiger partial charge in [0.15, 0.2) is 0 Å². The Kier molecular flexibility index (Phi) is 5.03. The van der Waals surface area contributed by atoms with Gasteiger partial charge in [0.05, 0.1) is 16.2 Å². The minimum Gasteiger partial charge on any atom is -0.338 e. The van der Waals surface area contributed by atoms with E-state index in [2.05, 4.69) is 25.9 Å². The summed E-state index contributed by atoms with van der Waals surface area (Å²) in [5.74, 6) is 0.637. The first-order valence-corrected chi connectivity index (χ1v) is 8.96. The Morgan fingerprint density at radius 1 is 0.821 bits per heavy atom. The average Bonchev–Trinajstić information content (AvgIpc) is 2.70. The summed E-state index contributed by atoms with van der Waals surface area (Å²) in [5, 5.41) is 10.2. The van der Waals surface area contributed by atoms with Crippen LogP contribution in [0.25, 0.3) is 10.9 Å². The molecule has 0 fully saturated rings. The number of amides is 2. The fourth-order valence-electron chi connectivity index (χ4n) is 2.74. The van der Waals surface area contributed by atoms with E-state index in [1.807, 2.05) is 54.6 Å². The second-order valence-electron chi connectivity index (χ2n) is 6.00. The Morgan fingerprint density at radius 3 is 2.39 bits per heavy atom. The molecule has 1 heterocycles. The van der Waals surface area contributed by atoms with E-state index in [1.54, 1.807) is 18.2 Å². The molecule has 28 heavy (non-hydrogen) atoms. The summed E-state index contributed by atoms with van der Waals surface area (Å²) < 4.78 is 0. The number of urea groups is 1. The van der Waals surface area contributed by atoms with Gasteiger partial charge in [-0.25, -0.2) is 14.8 Å². The molecule has 0 atom stereocenters. The molecule has 0 bridgehead atoms. The fraction of sp³-hybridized carbons (Fsp3) is 0. The van der Waals surface area contributed by atoms with Crippen molar-refractivity contribution in [3.05, 3.63) is 84.1 Å². The van der Waals surface area contributed by atoms with E-state index in [1.165, 1.54) is 6.33 Å². The predicted molar refractivity (Wildman–Crippen MR) is 113 cm³/mol. The van der Waals surface area contributed by atoms with Gasteiger partial charge in [-0.3, -0.25) is 0 Å². The fourth-order valence-corrected chi connectivity index (χ4v) is 2.92. The number of fused-ring (bicyclic) bond motifs is 1. The Morgan fingerprint density at radius 2 is 1.57 bits per heavy atom. The van der Waals surface area contributed by atoms with Crippen LogP contribution in [-0.2, 0) is 0 Å². The monoisotopic (exact) mass is 389 g/mol. The molecule has 0 aliphatic carbocycles. The van der Waals surface area contributed by atoms with E-state index in [9.17, 15) is 4.79 Å². The quantitative estimate of drug-likeness (QED) is 0.420. The Labute approximate surface area is 166 Å². The van der Waals surface area contributed by atoms with E-state index in [4.69, 9.17) is 11.6 Å². The number of anilines is 4. The third kappa shape index (κ3) is 4.02. The zero-order valence-electron chi connectivity index (χ0n) is 14.7. The van der Waals surface area contributed by atoms with Gasteiger partial charge in [0.2, 0.25) is 0 Å². The largest absolute Gasteiger partial charge is 0.338 e. The minimum absolute atomic E-state index is 0.325. The number of carbonyl (C=O) groups excluding carboxylic acids is 1. The molecule has 1 aromatic heterocycles. The van der Waals surface area contributed by atoms with Crippen LogP contribution >= 0.6 is 11.6 Å². The summed E-state index contributed by atoms with van der Waals surface area (Å²) in [6, 6.07) is 21.8. The molecule has 0 radical (unpaired) electrons. The molecule has 0 saturated carbocycles. The van der Waals surface area contributed by atoms with Crippen LogP contribution in [0.1, 0.15) is 0 Å². The first-order valence-electron chi connectivity index (χ1n) is 8.58. The van der Waals surface area contributed by atoms with Crippen molar-refractivity contribution in [1.29, 1.82) is 0 Å². The number of benzene rings is 3. The minimum atomic E-state index is -0.325. The van der Waals surface area contributed by atoms with Crippen molar-refractivity contribution >= 4 is 51.4 Å². The second kappa shape index (κ2) is 7.94. The highest BCUT2D eigenvalue weighted by Crippen LogP contribution is 2.28. The molecular weight excluding hydrogens is 374 g/mol. The van der Waals surface area contributed by atoms with E-state index in [-0.39, 0.29) is 6.03 Å². The highest BCUT2D eigenvalue weighted by molar-refractivity contribution is 6.33. The number of hydrogen-bond donors (Lipinski definition) is 3. The Hall–Kier alpha value is -3.64. The van der Waals surface area contributed by atoms with Crippen LogP contribution in [0.2, 0.25) is 5.02 Å². The maximum absolute atomic E-state index is 12.2. The SMILES string of the molecule is O=C(Nc1ccccc1)Nc1ccc2c(Nc3ccccc3Cl)ncnc2c1. The summed E-state index contributed by atoms with van der Waals surface area (Å²) >= 11 is 6.21. The van der Waals surface area contributed by atoms with Crippen LogP contribution in [0.5, 0.6) is 0 Å². The van der Waals surface area contributed by atoms with Gasteiger partial charge in [-0.2, -0.15) is 0 Å². The summed E-state index contributed by atoms with van der Waals surface area (Å²) in [4.78, 5) is 20.8. The average molecular weight is 390 g/mol. The van der Waals surface area contributed by atoms with Gasteiger partial charge in [0.1, 0.15) is 12.1 Å². The van der Waals surface area contributed by atoms with Crippen LogP contribution in [0.15, 0.2) is 79.1 Å². The van der Waals surface area contributed by atoms with Crippen molar-refractivity contribution in [3.8, 4) is 0 Å². The van der Waals surface area contributed by atoms with Crippen LogP contribution in [0, 0.1) is 0 Å². The maximum atomic E-state index is 12.2. The molecule has 0 aliphatic heterocycles. The molecule has 4 aromatic rings. The Balaban J connectivity index is 1.55. The zero-order chi connectivity index (χ0) is 19.3. The van der Waals surface area contributed by atoms with Crippen LogP contribution in [0.3, 0.4) is 0 Å². The number of halogens is 1. The van der Waals surface area contributed by atoms with Crippen molar-refractivity contribution in [1.82, 2.24) is 9.97 Å². The third-order valence-corrected chi connectivity index (χ3v) is 4.38. The summed E-state index contributed by atoms with van der Waals surface area (Å²) in [6.45, 7) is 0. The lowest BCUT2D eigenvalue weighted by molar-refractivity contribution is 0.262. The molecule has 0 saturated heterocycles. The zero-order valence-corrected chi connectivity index (χ0v) is 15.4. The van der Waals surface area contributed by atoms with E-state index < -0.39 is 0 Å². The predicted octanol–water partition coefficient (Wildman–Crippen LogP) is 5.67. The summed E-state index contributed by atoms with van der Waals surface area (Å²) in [6.07, 6.45) is 1.47.